The van der Waals surface area contributed by atoms with Crippen LogP contribution in [0.5, 0.6) is 0 Å². The fourth-order valence-corrected chi connectivity index (χ4v) is 8.75. The van der Waals surface area contributed by atoms with Gasteiger partial charge >= 0.3 is 11.9 Å². The third kappa shape index (κ3) is 9.47. The molecule has 0 saturated carbocycles. The third-order valence-electron chi connectivity index (χ3n) is 11.7. The predicted molar refractivity (Wildman–Crippen MR) is 194 cm³/mol. The first-order valence-electron chi connectivity index (χ1n) is 19.7. The van der Waals surface area contributed by atoms with Gasteiger partial charge in [0, 0.05) is 39.1 Å². The van der Waals surface area contributed by atoms with Crippen LogP contribution in [0.4, 0.5) is 0 Å². The number of aliphatic hydroxyl groups excluding tert-OH is 2. The van der Waals surface area contributed by atoms with Gasteiger partial charge in [-0.05, 0) is 70.6 Å². The molecule has 5 aliphatic rings. The average Bonchev–Trinajstić information content (AvgIpc) is 4.05. The summed E-state index contributed by atoms with van der Waals surface area (Å²) in [6, 6.07) is -9.00. The number of aliphatic hydroxyl groups is 2. The Bertz CT molecular complexity index is 1600. The second-order valence-corrected chi connectivity index (χ2v) is 15.3. The van der Waals surface area contributed by atoms with E-state index in [1.807, 2.05) is 0 Å². The Morgan fingerprint density at radius 2 is 0.912 bits per heavy atom. The Morgan fingerprint density at radius 3 is 1.35 bits per heavy atom. The van der Waals surface area contributed by atoms with Crippen molar-refractivity contribution in [1.29, 1.82) is 0 Å². The molecule has 0 radical (unpaired) electrons. The van der Waals surface area contributed by atoms with Crippen LogP contribution in [0.3, 0.4) is 0 Å². The van der Waals surface area contributed by atoms with E-state index in [0.717, 1.165) is 0 Å². The molecule has 57 heavy (non-hydrogen) atoms. The van der Waals surface area contributed by atoms with Crippen molar-refractivity contribution in [3.05, 3.63) is 0 Å². The van der Waals surface area contributed by atoms with Crippen LogP contribution < -0.4 is 16.4 Å². The zero-order valence-electron chi connectivity index (χ0n) is 31.8. The number of carboxylic acid groups (broad SMARTS) is 2. The second kappa shape index (κ2) is 19.0. The van der Waals surface area contributed by atoms with Crippen LogP contribution in [-0.2, 0) is 43.2 Å². The number of nitrogens with zero attached hydrogens (tertiary/aromatic N) is 5. The zero-order chi connectivity index (χ0) is 41.6. The Balaban J connectivity index is 1.20. The van der Waals surface area contributed by atoms with Gasteiger partial charge < -0.3 is 61.3 Å². The monoisotopic (exact) mass is 806 g/mol. The highest BCUT2D eigenvalue weighted by Crippen LogP contribution is 2.30. The van der Waals surface area contributed by atoms with Gasteiger partial charge in [-0.25, -0.2) is 4.79 Å². The summed E-state index contributed by atoms with van der Waals surface area (Å²) in [6.45, 7) is -0.624. The Labute approximate surface area is 328 Å². The molecular weight excluding hydrogens is 752 g/mol. The lowest BCUT2D eigenvalue weighted by Gasteiger charge is -2.35. The fourth-order valence-electron chi connectivity index (χ4n) is 8.75. The molecule has 5 aliphatic heterocycles. The van der Waals surface area contributed by atoms with E-state index >= 15 is 0 Å². The number of rotatable bonds is 15. The molecule has 5 saturated heterocycles. The van der Waals surface area contributed by atoms with Crippen molar-refractivity contribution in [3.63, 3.8) is 0 Å². The number of aliphatic carboxylic acids is 2. The highest BCUT2D eigenvalue weighted by molar-refractivity contribution is 5.98. The molecule has 8 atom stereocenters. The summed E-state index contributed by atoms with van der Waals surface area (Å²) in [5.74, 6) is -6.71. The first-order valence-corrected chi connectivity index (χ1v) is 19.7. The molecule has 5 heterocycles. The van der Waals surface area contributed by atoms with Crippen LogP contribution in [0.1, 0.15) is 77.0 Å². The van der Waals surface area contributed by atoms with Crippen molar-refractivity contribution in [1.82, 2.24) is 35.1 Å². The van der Waals surface area contributed by atoms with Gasteiger partial charge in [-0.1, -0.05) is 0 Å². The van der Waals surface area contributed by atoms with Crippen molar-refractivity contribution in [2.45, 2.75) is 125 Å². The van der Waals surface area contributed by atoms with Crippen LogP contribution in [0.25, 0.3) is 0 Å². The van der Waals surface area contributed by atoms with Crippen LogP contribution in [0.2, 0.25) is 0 Å². The SMILES string of the molecule is N[C@@H](CCC(=O)O)C(=O)N[C@@H](CO)C(=O)N1CCC[C@H]1C(=O)N1CCC[C@H]1C(=O)N1CCC[C@H]1C(=O)N[C@@H](CO)C(=O)N1CCC[C@H]1C(=O)N1CCC[C@H]1C(=O)O. The summed E-state index contributed by atoms with van der Waals surface area (Å²) >= 11 is 0. The maximum Gasteiger partial charge on any atom is 0.326 e. The lowest BCUT2D eigenvalue weighted by atomic mass is 10.1. The van der Waals surface area contributed by atoms with Crippen molar-refractivity contribution >= 4 is 53.3 Å². The lowest BCUT2D eigenvalue weighted by Crippen LogP contribution is -2.60. The lowest BCUT2D eigenvalue weighted by molar-refractivity contribution is -0.153. The van der Waals surface area contributed by atoms with Gasteiger partial charge in [-0.3, -0.25) is 38.4 Å². The molecule has 0 spiro atoms. The molecule has 8 N–H and O–H groups in total. The van der Waals surface area contributed by atoms with Crippen molar-refractivity contribution in [2.24, 2.45) is 5.73 Å². The molecule has 0 aliphatic carbocycles. The molecule has 7 amide bonds. The minimum Gasteiger partial charge on any atom is -0.481 e. The molecule has 0 aromatic heterocycles. The Morgan fingerprint density at radius 1 is 0.544 bits per heavy atom. The molecule has 5 fully saturated rings. The molecule has 0 unspecified atom stereocenters. The van der Waals surface area contributed by atoms with Gasteiger partial charge in [-0.2, -0.15) is 0 Å². The van der Waals surface area contributed by atoms with Crippen LogP contribution in [0, 0.1) is 0 Å². The number of carboxylic acids is 2. The molecule has 0 aromatic carbocycles. The second-order valence-electron chi connectivity index (χ2n) is 15.3. The smallest absolute Gasteiger partial charge is 0.326 e. The van der Waals surface area contributed by atoms with E-state index in [0.29, 0.717) is 51.4 Å². The van der Waals surface area contributed by atoms with Crippen LogP contribution >= 0.6 is 0 Å². The van der Waals surface area contributed by atoms with Crippen molar-refractivity contribution in [2.75, 3.05) is 45.9 Å². The van der Waals surface area contributed by atoms with Crippen LogP contribution in [0.15, 0.2) is 0 Å². The number of amides is 7. The fraction of sp³-hybridized carbons (Fsp3) is 0.750. The summed E-state index contributed by atoms with van der Waals surface area (Å²) < 4.78 is 0. The highest BCUT2D eigenvalue weighted by Gasteiger charge is 2.48. The number of hydrogen-bond acceptors (Lipinski definition) is 12. The summed E-state index contributed by atoms with van der Waals surface area (Å²) in [6.07, 6.45) is 3.19. The number of carbonyl (C=O) groups excluding carboxylic acids is 7. The topological polar surface area (TPSA) is 301 Å². The van der Waals surface area contributed by atoms with E-state index in [1.54, 1.807) is 0 Å². The van der Waals surface area contributed by atoms with E-state index in [4.69, 9.17) is 10.8 Å². The summed E-state index contributed by atoms with van der Waals surface area (Å²) in [5, 5.41) is 43.5. The quantitative estimate of drug-likeness (QED) is 0.0835. The van der Waals surface area contributed by atoms with E-state index in [2.05, 4.69) is 10.6 Å². The standard InChI is InChI=1S/C36H54N8O13/c37-20(11-12-28(47)48)29(49)38-21(18-45)31(51)41-14-2-7-24(41)34(54)43-16-4-9-26(43)33(53)40-13-1-6-23(40)30(50)39-22(19-46)32(52)42-15-3-8-25(42)35(55)44-17-5-10-27(44)36(56)57/h20-27,45-46H,1-19,37H2,(H,38,49)(H,39,50)(H,47,48)(H,56,57)/t20-,21-,22-,23-,24-,25-,26-,27-/m0/s1. The van der Waals surface area contributed by atoms with Crippen LogP contribution in [-0.4, -0.2) is 192 Å². The van der Waals surface area contributed by atoms with Gasteiger partial charge in [0.2, 0.25) is 41.4 Å². The normalized spacial score (nSPS) is 26.3. The summed E-state index contributed by atoms with van der Waals surface area (Å²) in [5.41, 5.74) is 5.76. The van der Waals surface area contributed by atoms with E-state index in [-0.39, 0.29) is 58.4 Å². The van der Waals surface area contributed by atoms with Crippen molar-refractivity contribution < 1.29 is 63.6 Å². The first-order chi connectivity index (χ1) is 27.2. The molecular formula is C36H54N8O13. The first kappa shape index (κ1) is 43.2. The van der Waals surface area contributed by atoms with E-state index < -0.39 is 115 Å². The molecule has 21 heteroatoms. The minimum atomic E-state index is -1.44. The predicted octanol–water partition coefficient (Wildman–Crippen LogP) is -3.83. The zero-order valence-corrected chi connectivity index (χ0v) is 31.8. The molecule has 316 valence electrons. The third-order valence-corrected chi connectivity index (χ3v) is 11.7. The van der Waals surface area contributed by atoms with Gasteiger partial charge in [0.25, 0.3) is 0 Å². The van der Waals surface area contributed by atoms with E-state index in [1.165, 1.54) is 24.5 Å². The Hall–Kier alpha value is -4.89. The minimum absolute atomic E-state index is 0.145. The summed E-state index contributed by atoms with van der Waals surface area (Å²) in [7, 11) is 0. The molecule has 21 nitrogen and oxygen atoms in total. The number of carbonyl (C=O) groups is 9. The van der Waals surface area contributed by atoms with Gasteiger partial charge in [0.15, 0.2) is 0 Å². The number of nitrogens with one attached hydrogen (secondary N) is 2. The molecule has 0 bridgehead atoms. The maximum atomic E-state index is 14.1. The molecule has 0 aromatic rings. The Kier molecular flexibility index (Phi) is 14.4. The average molecular weight is 807 g/mol. The van der Waals surface area contributed by atoms with E-state index in [9.17, 15) is 58.5 Å². The largest absolute Gasteiger partial charge is 0.481 e. The van der Waals surface area contributed by atoms with Gasteiger partial charge in [0.05, 0.1) is 19.3 Å². The summed E-state index contributed by atoms with van der Waals surface area (Å²) in [4.78, 5) is 124. The molecule has 5 rings (SSSR count). The maximum absolute atomic E-state index is 14.1. The number of nitrogens with two attached hydrogens (primary N) is 1. The van der Waals surface area contributed by atoms with Gasteiger partial charge in [0.1, 0.15) is 42.3 Å². The number of likely N-dealkylation sites (tertiary alicyclic amines) is 5. The van der Waals surface area contributed by atoms with Gasteiger partial charge in [-0.15, -0.1) is 0 Å². The highest BCUT2D eigenvalue weighted by atomic mass is 16.4. The number of hydrogen-bond donors (Lipinski definition) is 7. The van der Waals surface area contributed by atoms with Crippen molar-refractivity contribution in [3.8, 4) is 0 Å².